The van der Waals surface area contributed by atoms with Crippen LogP contribution >= 0.6 is 0 Å². The van der Waals surface area contributed by atoms with Crippen LogP contribution in [0, 0.1) is 35.5 Å². The third-order valence-corrected chi connectivity index (χ3v) is 10.1. The predicted molar refractivity (Wildman–Crippen MR) is 177 cm³/mol. The van der Waals surface area contributed by atoms with E-state index in [1.54, 1.807) is 5.57 Å². The molecule has 0 saturated heterocycles. The third-order valence-electron chi connectivity index (χ3n) is 10.1. The highest BCUT2D eigenvalue weighted by Crippen LogP contribution is 2.40. The van der Waals surface area contributed by atoms with Gasteiger partial charge in [0.25, 0.3) is 0 Å². The molecule has 0 amide bonds. The first kappa shape index (κ1) is 27.3. The molecule has 4 heteroatoms. The Morgan fingerprint density at radius 2 is 1.62 bits per heavy atom. The average Bonchev–Trinajstić information content (AvgIpc) is 3.09. The van der Waals surface area contributed by atoms with E-state index in [1.807, 2.05) is 0 Å². The lowest BCUT2D eigenvalue weighted by Crippen LogP contribution is -2.44. The van der Waals surface area contributed by atoms with Gasteiger partial charge in [0.05, 0.1) is 0 Å². The summed E-state index contributed by atoms with van der Waals surface area (Å²) >= 11 is 0. The molecule has 0 aromatic rings. The maximum atomic E-state index is 5.45. The number of rotatable bonds is 6. The zero-order valence-corrected chi connectivity index (χ0v) is 24.7. The van der Waals surface area contributed by atoms with Crippen molar-refractivity contribution >= 4 is 17.4 Å². The zero-order chi connectivity index (χ0) is 28.1. The number of hydrogen-bond donors (Lipinski definition) is 1. The molecule has 42 heavy (non-hydrogen) atoms. The van der Waals surface area contributed by atoms with Crippen molar-refractivity contribution in [2.75, 3.05) is 6.54 Å². The van der Waals surface area contributed by atoms with Gasteiger partial charge in [-0.1, -0.05) is 103 Å². The number of allylic oxidation sites excluding steroid dienone is 15. The van der Waals surface area contributed by atoms with Gasteiger partial charge in [0.2, 0.25) is 0 Å². The van der Waals surface area contributed by atoms with Gasteiger partial charge >= 0.3 is 0 Å². The molecule has 7 aliphatic rings. The van der Waals surface area contributed by atoms with Crippen LogP contribution in [0.2, 0.25) is 0 Å². The molecule has 2 heterocycles. The normalized spacial score (nSPS) is 35.6. The van der Waals surface area contributed by atoms with E-state index in [0.717, 1.165) is 69.6 Å². The van der Waals surface area contributed by atoms with Crippen LogP contribution in [-0.2, 0) is 0 Å². The summed E-state index contributed by atoms with van der Waals surface area (Å²) in [7, 11) is 0. The van der Waals surface area contributed by atoms with Crippen molar-refractivity contribution < 1.29 is 0 Å². The topological polar surface area (TPSA) is 49.1 Å². The Hall–Kier alpha value is -3.53. The Balaban J connectivity index is 1.14. The van der Waals surface area contributed by atoms with Gasteiger partial charge in [-0.15, -0.1) is 0 Å². The molecular formula is C38H44N4. The number of nitrogens with zero attached hydrogens (tertiary/aromatic N) is 3. The summed E-state index contributed by atoms with van der Waals surface area (Å²) in [5.41, 5.74) is 4.22. The van der Waals surface area contributed by atoms with Crippen molar-refractivity contribution in [1.82, 2.24) is 5.32 Å². The van der Waals surface area contributed by atoms with Crippen LogP contribution in [-0.4, -0.2) is 30.1 Å². The fourth-order valence-electron chi connectivity index (χ4n) is 7.69. The van der Waals surface area contributed by atoms with Crippen molar-refractivity contribution in [1.29, 1.82) is 0 Å². The van der Waals surface area contributed by atoms with Crippen LogP contribution in [0.4, 0.5) is 0 Å². The standard InChI is InChI=1S/C38H44N4/c1-5-14-27(15-6-1)33-25-34(28-16-7-2-8-17-28)35(39-26-33)31-22-13-23-32(24-31)38-41-36(29-18-9-3-10-19-29)40-37(42-38)30-20-11-4-12-21-30/h1-3,5-7,9-11,13-14,16,18,20-22,27,29,31-34,36H,4,8,12,15,17,19,23-26H2,(H,40,41,42). The minimum atomic E-state index is -0.0738. The van der Waals surface area contributed by atoms with Crippen LogP contribution in [0.15, 0.2) is 123 Å². The minimum absolute atomic E-state index is 0.0738. The van der Waals surface area contributed by atoms with E-state index in [1.165, 1.54) is 17.7 Å². The van der Waals surface area contributed by atoms with Crippen molar-refractivity contribution in [2.24, 2.45) is 50.5 Å². The Labute approximate surface area is 251 Å². The smallest absolute Gasteiger partial charge is 0.150 e. The first-order valence-corrected chi connectivity index (χ1v) is 16.3. The maximum absolute atomic E-state index is 5.45. The summed E-state index contributed by atoms with van der Waals surface area (Å²) in [6.07, 6.45) is 46.5. The number of nitrogens with one attached hydrogen (secondary N) is 1. The van der Waals surface area contributed by atoms with Crippen molar-refractivity contribution in [3.8, 4) is 0 Å². The molecule has 0 saturated carbocycles. The van der Waals surface area contributed by atoms with E-state index < -0.39 is 0 Å². The predicted octanol–water partition coefficient (Wildman–Crippen LogP) is 8.19. The van der Waals surface area contributed by atoms with E-state index in [0.29, 0.717) is 35.5 Å². The molecule has 7 atom stereocenters. The molecule has 0 fully saturated rings. The van der Waals surface area contributed by atoms with E-state index in [9.17, 15) is 0 Å². The van der Waals surface area contributed by atoms with Gasteiger partial charge in [-0.2, -0.15) is 0 Å². The van der Waals surface area contributed by atoms with Crippen LogP contribution in [0.1, 0.15) is 57.8 Å². The van der Waals surface area contributed by atoms with E-state index in [-0.39, 0.29) is 6.17 Å². The molecule has 0 spiro atoms. The lowest BCUT2D eigenvalue weighted by Gasteiger charge is -2.39. The monoisotopic (exact) mass is 556 g/mol. The molecule has 216 valence electrons. The second kappa shape index (κ2) is 12.8. The zero-order valence-electron chi connectivity index (χ0n) is 24.7. The molecule has 7 rings (SSSR count). The van der Waals surface area contributed by atoms with Crippen LogP contribution < -0.4 is 5.32 Å². The second-order valence-corrected chi connectivity index (χ2v) is 12.8. The summed E-state index contributed by atoms with van der Waals surface area (Å²) < 4.78 is 0. The first-order chi connectivity index (χ1) is 20.8. The van der Waals surface area contributed by atoms with Gasteiger partial charge in [0.15, 0.2) is 6.17 Å². The Morgan fingerprint density at radius 1 is 0.738 bits per heavy atom. The van der Waals surface area contributed by atoms with E-state index >= 15 is 0 Å². The molecule has 5 aliphatic carbocycles. The quantitative estimate of drug-likeness (QED) is 0.330. The van der Waals surface area contributed by atoms with Gasteiger partial charge in [-0.25, -0.2) is 9.98 Å². The Morgan fingerprint density at radius 3 is 2.38 bits per heavy atom. The van der Waals surface area contributed by atoms with Gasteiger partial charge in [0.1, 0.15) is 11.7 Å². The van der Waals surface area contributed by atoms with E-state index in [2.05, 4.69) is 103 Å². The van der Waals surface area contributed by atoms with Gasteiger partial charge in [-0.05, 0) is 69.6 Å². The summed E-state index contributed by atoms with van der Waals surface area (Å²) in [4.78, 5) is 15.9. The second-order valence-electron chi connectivity index (χ2n) is 12.8. The van der Waals surface area contributed by atoms with Crippen molar-refractivity contribution in [3.63, 3.8) is 0 Å². The first-order valence-electron chi connectivity index (χ1n) is 16.3. The van der Waals surface area contributed by atoms with Gasteiger partial charge in [0, 0.05) is 41.5 Å². The highest BCUT2D eigenvalue weighted by molar-refractivity contribution is 6.12. The average molecular weight is 557 g/mol. The molecule has 1 N–H and O–H groups in total. The summed E-state index contributed by atoms with van der Waals surface area (Å²) in [6, 6.07) is 0. The maximum Gasteiger partial charge on any atom is 0.150 e. The summed E-state index contributed by atoms with van der Waals surface area (Å²) in [5.74, 6) is 4.81. The summed E-state index contributed by atoms with van der Waals surface area (Å²) in [5, 5.41) is 3.74. The lowest BCUT2D eigenvalue weighted by molar-refractivity contribution is 0.337. The van der Waals surface area contributed by atoms with Crippen LogP contribution in [0.3, 0.4) is 0 Å². The van der Waals surface area contributed by atoms with Crippen LogP contribution in [0.5, 0.6) is 0 Å². The molecule has 7 unspecified atom stereocenters. The van der Waals surface area contributed by atoms with Crippen molar-refractivity contribution in [2.45, 2.75) is 64.0 Å². The Kier molecular flexibility index (Phi) is 8.30. The minimum Gasteiger partial charge on any atom is -0.328 e. The molecule has 0 bridgehead atoms. The van der Waals surface area contributed by atoms with Crippen LogP contribution in [0.25, 0.3) is 0 Å². The highest BCUT2D eigenvalue weighted by Gasteiger charge is 2.37. The fraction of sp³-hybridized carbons (Fsp3) is 0.447. The molecule has 0 radical (unpaired) electrons. The molecule has 2 aliphatic heterocycles. The van der Waals surface area contributed by atoms with Crippen molar-refractivity contribution in [3.05, 3.63) is 108 Å². The van der Waals surface area contributed by atoms with E-state index in [4.69, 9.17) is 15.0 Å². The fourth-order valence-corrected chi connectivity index (χ4v) is 7.69. The number of amidine groups is 2. The van der Waals surface area contributed by atoms with Gasteiger partial charge in [-0.3, -0.25) is 4.99 Å². The molecular weight excluding hydrogens is 512 g/mol. The molecule has 0 aromatic carbocycles. The number of aliphatic imine (C=N–C) groups is 3. The van der Waals surface area contributed by atoms with Gasteiger partial charge < -0.3 is 5.32 Å². The SMILES string of the molecule is C1=CCCC(C2CC(C3C=CC=CC3)CN=C2C2C=CCC(C3=NC(C4C=CC=CC4)N=C(C4=CCCC=C4)N3)C2)=C1. The number of hydrogen-bond acceptors (Lipinski definition) is 4. The molecule has 4 nitrogen and oxygen atoms in total. The lowest BCUT2D eigenvalue weighted by atomic mass is 9.69. The third kappa shape index (κ3) is 6.00. The highest BCUT2D eigenvalue weighted by atomic mass is 15.2. The Bertz CT molecular complexity index is 1400. The largest absolute Gasteiger partial charge is 0.328 e. The summed E-state index contributed by atoms with van der Waals surface area (Å²) in [6.45, 7) is 0.951. The molecule has 0 aromatic heterocycles.